The van der Waals surface area contributed by atoms with Crippen LogP contribution in [-0.4, -0.2) is 6.18 Å². The monoisotopic (exact) mass is 199 g/mol. The lowest BCUT2D eigenvalue weighted by Gasteiger charge is -2.11. The second kappa shape index (κ2) is 3.70. The number of aryl methyl sites for hydroxylation is 1. The molecule has 1 unspecified atom stereocenters. The Hall–Kier alpha value is -1.50. The van der Waals surface area contributed by atoms with E-state index in [2.05, 4.69) is 4.85 Å². The third-order valence-corrected chi connectivity index (χ3v) is 1.92. The van der Waals surface area contributed by atoms with Crippen molar-refractivity contribution in [1.29, 1.82) is 0 Å². The van der Waals surface area contributed by atoms with Crippen LogP contribution in [-0.2, 0) is 0 Å². The molecule has 1 rings (SSSR count). The Kier molecular flexibility index (Phi) is 2.80. The van der Waals surface area contributed by atoms with Crippen molar-refractivity contribution >= 4 is 0 Å². The van der Waals surface area contributed by atoms with Crippen molar-refractivity contribution in [3.8, 4) is 0 Å². The third kappa shape index (κ3) is 2.05. The molecule has 0 saturated carbocycles. The molecule has 0 spiro atoms. The van der Waals surface area contributed by atoms with Gasteiger partial charge in [-0.2, -0.15) is 13.2 Å². The predicted molar refractivity (Wildman–Crippen MR) is 46.6 cm³/mol. The average Bonchev–Trinajstić information content (AvgIpc) is 2.07. The Morgan fingerprint density at radius 3 is 2.29 bits per heavy atom. The van der Waals surface area contributed by atoms with Gasteiger partial charge in [-0.15, -0.1) is 0 Å². The number of halogens is 3. The van der Waals surface area contributed by atoms with Gasteiger partial charge in [-0.1, -0.05) is 24.3 Å². The molecule has 0 amide bonds. The Morgan fingerprint density at radius 2 is 1.86 bits per heavy atom. The van der Waals surface area contributed by atoms with Crippen LogP contribution in [0.2, 0.25) is 0 Å². The standard InChI is InChI=1S/C10H8F3N/c1-7-5-3-4-6-8(7)9(14-2)10(11,12)13/h3-6,9H,1H3. The summed E-state index contributed by atoms with van der Waals surface area (Å²) in [6.07, 6.45) is -4.49. The molecule has 1 atom stereocenters. The highest BCUT2D eigenvalue weighted by Gasteiger charge is 2.47. The molecule has 0 N–H and O–H groups in total. The van der Waals surface area contributed by atoms with Crippen LogP contribution in [0.15, 0.2) is 24.3 Å². The summed E-state index contributed by atoms with van der Waals surface area (Å²) in [6, 6.07) is 4.02. The summed E-state index contributed by atoms with van der Waals surface area (Å²) in [7, 11) is 0. The van der Waals surface area contributed by atoms with Crippen LogP contribution in [0.3, 0.4) is 0 Å². The summed E-state index contributed by atoms with van der Waals surface area (Å²) in [6.45, 7) is 8.12. The molecule has 0 aliphatic carbocycles. The van der Waals surface area contributed by atoms with Crippen LogP contribution < -0.4 is 0 Å². The van der Waals surface area contributed by atoms with Crippen molar-refractivity contribution in [2.75, 3.05) is 0 Å². The Morgan fingerprint density at radius 1 is 1.29 bits per heavy atom. The number of alkyl halides is 3. The second-order valence-corrected chi connectivity index (χ2v) is 2.93. The van der Waals surface area contributed by atoms with Gasteiger partial charge in [0.2, 0.25) is 0 Å². The molecular weight excluding hydrogens is 191 g/mol. The molecule has 0 radical (unpaired) electrons. The van der Waals surface area contributed by atoms with Crippen molar-refractivity contribution in [3.63, 3.8) is 0 Å². The van der Waals surface area contributed by atoms with Gasteiger partial charge in [-0.05, 0) is 12.5 Å². The molecule has 1 aromatic carbocycles. The van der Waals surface area contributed by atoms with Crippen molar-refractivity contribution in [3.05, 3.63) is 46.8 Å². The molecule has 0 saturated heterocycles. The quantitative estimate of drug-likeness (QED) is 0.609. The fourth-order valence-electron chi connectivity index (χ4n) is 1.21. The van der Waals surface area contributed by atoms with Crippen molar-refractivity contribution < 1.29 is 13.2 Å². The first-order valence-electron chi connectivity index (χ1n) is 3.95. The zero-order chi connectivity index (χ0) is 10.8. The molecule has 14 heavy (non-hydrogen) atoms. The number of hydrogen-bond donors (Lipinski definition) is 0. The summed E-state index contributed by atoms with van der Waals surface area (Å²) in [4.78, 5) is 2.62. The molecule has 0 aromatic heterocycles. The van der Waals surface area contributed by atoms with Gasteiger partial charge >= 0.3 is 12.2 Å². The normalized spacial score (nSPS) is 13.4. The summed E-state index contributed by atoms with van der Waals surface area (Å²) < 4.78 is 37.1. The summed E-state index contributed by atoms with van der Waals surface area (Å²) in [5, 5.41) is 0. The van der Waals surface area contributed by atoms with E-state index in [0.29, 0.717) is 5.56 Å². The minimum absolute atomic E-state index is 0.0370. The smallest absolute Gasteiger partial charge is 0.298 e. The summed E-state index contributed by atoms with van der Waals surface area (Å²) in [5.74, 6) is 0. The Labute approximate surface area is 80.0 Å². The van der Waals surface area contributed by atoms with E-state index in [0.717, 1.165) is 0 Å². The highest BCUT2D eigenvalue weighted by Crippen LogP contribution is 2.37. The van der Waals surface area contributed by atoms with E-state index in [-0.39, 0.29) is 5.56 Å². The van der Waals surface area contributed by atoms with E-state index >= 15 is 0 Å². The highest BCUT2D eigenvalue weighted by atomic mass is 19.4. The van der Waals surface area contributed by atoms with E-state index in [1.54, 1.807) is 19.1 Å². The van der Waals surface area contributed by atoms with E-state index in [1.807, 2.05) is 0 Å². The van der Waals surface area contributed by atoms with Gasteiger partial charge in [0.1, 0.15) is 0 Å². The molecule has 0 bridgehead atoms. The van der Waals surface area contributed by atoms with Crippen LogP contribution in [0.5, 0.6) is 0 Å². The van der Waals surface area contributed by atoms with Gasteiger partial charge < -0.3 is 0 Å². The lowest BCUT2D eigenvalue weighted by molar-refractivity contribution is -0.140. The second-order valence-electron chi connectivity index (χ2n) is 2.93. The lowest BCUT2D eigenvalue weighted by Crippen LogP contribution is -2.18. The number of benzene rings is 1. The summed E-state index contributed by atoms with van der Waals surface area (Å²) in [5.41, 5.74) is 0.529. The van der Waals surface area contributed by atoms with Gasteiger partial charge in [0, 0.05) is 5.56 Å². The van der Waals surface area contributed by atoms with Gasteiger partial charge in [-0.3, -0.25) is 4.85 Å². The molecule has 4 heteroatoms. The fourth-order valence-corrected chi connectivity index (χ4v) is 1.21. The molecular formula is C10H8F3N. The molecule has 0 aliphatic rings. The number of hydrogen-bond acceptors (Lipinski definition) is 0. The molecule has 0 fully saturated rings. The van der Waals surface area contributed by atoms with Crippen LogP contribution in [0, 0.1) is 13.5 Å². The molecule has 1 nitrogen and oxygen atoms in total. The first-order chi connectivity index (χ1) is 6.46. The maximum atomic E-state index is 12.4. The zero-order valence-corrected chi connectivity index (χ0v) is 7.47. The van der Waals surface area contributed by atoms with Gasteiger partial charge in [0.25, 0.3) is 0 Å². The van der Waals surface area contributed by atoms with Crippen LogP contribution in [0.1, 0.15) is 17.2 Å². The van der Waals surface area contributed by atoms with Gasteiger partial charge in [0.05, 0.1) is 0 Å². The van der Waals surface area contributed by atoms with Gasteiger partial charge in [0.15, 0.2) is 0 Å². The lowest BCUT2D eigenvalue weighted by atomic mass is 10.0. The molecule has 74 valence electrons. The van der Waals surface area contributed by atoms with Crippen LogP contribution >= 0.6 is 0 Å². The average molecular weight is 199 g/mol. The van der Waals surface area contributed by atoms with Crippen LogP contribution in [0.25, 0.3) is 4.85 Å². The van der Waals surface area contributed by atoms with E-state index < -0.39 is 12.2 Å². The van der Waals surface area contributed by atoms with Crippen molar-refractivity contribution in [2.45, 2.75) is 19.1 Å². The molecule has 0 heterocycles. The topological polar surface area (TPSA) is 4.36 Å². The minimum Gasteiger partial charge on any atom is -0.298 e. The largest absolute Gasteiger partial charge is 0.470 e. The first-order valence-corrected chi connectivity index (χ1v) is 3.95. The number of nitrogens with zero attached hydrogens (tertiary/aromatic N) is 1. The summed E-state index contributed by atoms with van der Waals surface area (Å²) >= 11 is 0. The maximum Gasteiger partial charge on any atom is 0.470 e. The van der Waals surface area contributed by atoms with Crippen molar-refractivity contribution in [1.82, 2.24) is 0 Å². The molecule has 0 aliphatic heterocycles. The zero-order valence-electron chi connectivity index (χ0n) is 7.47. The fraction of sp³-hybridized carbons (Fsp3) is 0.300. The maximum absolute atomic E-state index is 12.4. The highest BCUT2D eigenvalue weighted by molar-refractivity contribution is 5.31. The predicted octanol–water partition coefficient (Wildman–Crippen LogP) is 3.52. The minimum atomic E-state index is -4.49. The Balaban J connectivity index is 3.16. The Bertz CT molecular complexity index is 362. The first kappa shape index (κ1) is 10.6. The SMILES string of the molecule is [C-]#[N+]C(c1ccccc1C)C(F)(F)F. The van der Waals surface area contributed by atoms with Gasteiger partial charge in [-0.25, -0.2) is 6.57 Å². The van der Waals surface area contributed by atoms with Crippen LogP contribution in [0.4, 0.5) is 13.2 Å². The number of rotatable bonds is 1. The van der Waals surface area contributed by atoms with E-state index in [4.69, 9.17) is 6.57 Å². The van der Waals surface area contributed by atoms with Crippen molar-refractivity contribution in [2.24, 2.45) is 0 Å². The van der Waals surface area contributed by atoms with E-state index in [9.17, 15) is 13.2 Å². The molecule has 1 aromatic rings. The third-order valence-electron chi connectivity index (χ3n) is 1.92. The van der Waals surface area contributed by atoms with E-state index in [1.165, 1.54) is 12.1 Å².